The maximum atomic E-state index is 11.9. The van der Waals surface area contributed by atoms with Crippen molar-refractivity contribution in [3.63, 3.8) is 0 Å². The molecule has 4 nitrogen and oxygen atoms in total. The van der Waals surface area contributed by atoms with Gasteiger partial charge in [-0.25, -0.2) is 0 Å². The second-order valence-electron chi connectivity index (χ2n) is 3.48. The molecule has 1 unspecified atom stereocenters. The number of ether oxygens (including phenoxy) is 2. The van der Waals surface area contributed by atoms with Gasteiger partial charge in [0.2, 0.25) is 0 Å². The molecule has 19 heavy (non-hydrogen) atoms. The molecule has 0 bridgehead atoms. The van der Waals surface area contributed by atoms with Crippen LogP contribution in [0.3, 0.4) is 0 Å². The van der Waals surface area contributed by atoms with Crippen molar-refractivity contribution in [2.24, 2.45) is 0 Å². The molecule has 0 amide bonds. The first-order valence-electron chi connectivity index (χ1n) is 5.85. The van der Waals surface area contributed by atoms with E-state index in [1.807, 2.05) is 30.3 Å². The van der Waals surface area contributed by atoms with E-state index in [4.69, 9.17) is 9.47 Å². The Morgan fingerprint density at radius 3 is 2.47 bits per heavy atom. The van der Waals surface area contributed by atoms with Gasteiger partial charge < -0.3 is 0 Å². The fourth-order valence-corrected chi connectivity index (χ4v) is 3.18. The summed E-state index contributed by atoms with van der Waals surface area (Å²) in [5.41, 5.74) is 0. The van der Waals surface area contributed by atoms with Crippen LogP contribution in [0.4, 0.5) is 0 Å². The maximum absolute atomic E-state index is 11.9. The van der Waals surface area contributed by atoms with Crippen LogP contribution < -0.4 is 4.46 Å². The van der Waals surface area contributed by atoms with E-state index < -0.39 is 16.8 Å². The van der Waals surface area contributed by atoms with Crippen molar-refractivity contribution in [1.29, 1.82) is 0 Å². The molecule has 0 aromatic heterocycles. The van der Waals surface area contributed by atoms with E-state index in [2.05, 4.69) is 6.58 Å². The molecule has 0 radical (unpaired) electrons. The van der Waals surface area contributed by atoms with Gasteiger partial charge in [-0.2, -0.15) is 0 Å². The molecule has 0 spiro atoms. The molecule has 1 aromatic rings. The summed E-state index contributed by atoms with van der Waals surface area (Å²) in [7, 11) is 0. The van der Waals surface area contributed by atoms with E-state index in [1.54, 1.807) is 6.92 Å². The van der Waals surface area contributed by atoms with Crippen LogP contribution in [0.1, 0.15) is 6.92 Å². The van der Waals surface area contributed by atoms with Crippen LogP contribution >= 0.6 is 0 Å². The Kier molecular flexibility index (Phi) is 6.93. The summed E-state index contributed by atoms with van der Waals surface area (Å²) in [6.07, 6.45) is 1.47. The van der Waals surface area contributed by atoms with Crippen LogP contribution in [0.25, 0.3) is 0 Å². The van der Waals surface area contributed by atoms with Gasteiger partial charge in [-0.1, -0.05) is 0 Å². The number of carbonyl (C=O) groups is 2. The quantitative estimate of drug-likeness (QED) is 0.326. The molecule has 0 saturated carbocycles. The molecule has 0 fully saturated rings. The molecule has 1 atom stereocenters. The predicted octanol–water partition coefficient (Wildman–Crippen LogP) is 1.10. The van der Waals surface area contributed by atoms with E-state index >= 15 is 0 Å². The average Bonchev–Trinajstić information content (AvgIpc) is 2.43. The molecule has 1 rings (SSSR count). The minimum atomic E-state index is -0.866. The van der Waals surface area contributed by atoms with E-state index in [1.165, 1.54) is 6.08 Å². The van der Waals surface area contributed by atoms with Crippen molar-refractivity contribution in [1.82, 2.24) is 0 Å². The molecule has 1 aromatic carbocycles. The van der Waals surface area contributed by atoms with Gasteiger partial charge in [-0.3, -0.25) is 0 Å². The second-order valence-corrected chi connectivity index (χ2v) is 5.95. The average molecular weight is 327 g/mol. The SMILES string of the molecule is C=CCOC(=O)C([Se]c1ccccc1)C(=O)OCC. The number of carbonyl (C=O) groups excluding carboxylic acids is 2. The Bertz CT molecular complexity index is 430. The molecular formula is C14H16O4Se. The topological polar surface area (TPSA) is 52.6 Å². The summed E-state index contributed by atoms with van der Waals surface area (Å²) in [4.78, 5) is 22.8. The van der Waals surface area contributed by atoms with Gasteiger partial charge in [0, 0.05) is 0 Å². The first kappa shape index (κ1) is 15.5. The van der Waals surface area contributed by atoms with E-state index in [0.29, 0.717) is 0 Å². The summed E-state index contributed by atoms with van der Waals surface area (Å²) in [5, 5.41) is 0. The Morgan fingerprint density at radius 2 is 1.89 bits per heavy atom. The molecule has 0 saturated heterocycles. The summed E-state index contributed by atoms with van der Waals surface area (Å²) < 4.78 is 10.8. The standard InChI is InChI=1S/C14H16O4Se/c1-3-10-18-14(16)12(13(15)17-4-2)19-11-8-6-5-7-9-11/h3,5-9,12H,1,4,10H2,2H3. The Morgan fingerprint density at radius 1 is 1.26 bits per heavy atom. The van der Waals surface area contributed by atoms with Crippen LogP contribution in [-0.2, 0) is 19.1 Å². The molecule has 0 aliphatic heterocycles. The molecule has 0 aliphatic carbocycles. The van der Waals surface area contributed by atoms with Crippen LogP contribution in [0.15, 0.2) is 43.0 Å². The van der Waals surface area contributed by atoms with Crippen molar-refractivity contribution in [3.8, 4) is 0 Å². The van der Waals surface area contributed by atoms with Crippen LogP contribution in [0.2, 0.25) is 4.82 Å². The first-order valence-corrected chi connectivity index (χ1v) is 7.69. The normalized spacial score (nSPS) is 11.4. The predicted molar refractivity (Wildman–Crippen MR) is 73.4 cm³/mol. The number of hydrogen-bond acceptors (Lipinski definition) is 4. The molecule has 102 valence electrons. The van der Waals surface area contributed by atoms with Crippen molar-refractivity contribution < 1.29 is 19.1 Å². The van der Waals surface area contributed by atoms with Crippen LogP contribution in [0, 0.1) is 0 Å². The van der Waals surface area contributed by atoms with E-state index in [0.717, 1.165) is 4.46 Å². The van der Waals surface area contributed by atoms with Gasteiger partial charge in [-0.15, -0.1) is 0 Å². The van der Waals surface area contributed by atoms with Gasteiger partial charge in [0.1, 0.15) is 0 Å². The second kappa shape index (κ2) is 8.51. The molecule has 0 aliphatic rings. The van der Waals surface area contributed by atoms with Crippen molar-refractivity contribution >= 4 is 31.4 Å². The Labute approximate surface area is 118 Å². The van der Waals surface area contributed by atoms with Crippen LogP contribution in [0.5, 0.6) is 0 Å². The van der Waals surface area contributed by atoms with E-state index in [-0.39, 0.29) is 28.2 Å². The fourth-order valence-electron chi connectivity index (χ4n) is 1.26. The number of hydrogen-bond donors (Lipinski definition) is 0. The fraction of sp³-hybridized carbons (Fsp3) is 0.286. The number of esters is 2. The third kappa shape index (κ3) is 5.28. The summed E-state index contributed by atoms with van der Waals surface area (Å²) >= 11 is -0.355. The molecule has 0 heterocycles. The molecule has 0 N–H and O–H groups in total. The Balaban J connectivity index is 2.77. The van der Waals surface area contributed by atoms with Gasteiger partial charge in [0.05, 0.1) is 0 Å². The zero-order valence-electron chi connectivity index (χ0n) is 10.7. The van der Waals surface area contributed by atoms with Gasteiger partial charge in [-0.05, 0) is 0 Å². The van der Waals surface area contributed by atoms with Crippen molar-refractivity contribution in [3.05, 3.63) is 43.0 Å². The van der Waals surface area contributed by atoms with Gasteiger partial charge in [0.15, 0.2) is 0 Å². The van der Waals surface area contributed by atoms with Crippen molar-refractivity contribution in [2.75, 3.05) is 13.2 Å². The van der Waals surface area contributed by atoms with E-state index in [9.17, 15) is 9.59 Å². The Hall–Kier alpha value is -1.58. The number of benzene rings is 1. The molecular weight excluding hydrogens is 311 g/mol. The van der Waals surface area contributed by atoms with Gasteiger partial charge in [0.25, 0.3) is 0 Å². The zero-order valence-corrected chi connectivity index (χ0v) is 12.4. The monoisotopic (exact) mass is 328 g/mol. The third-order valence-corrected chi connectivity index (χ3v) is 4.50. The first-order chi connectivity index (χ1) is 9.19. The van der Waals surface area contributed by atoms with Crippen molar-refractivity contribution in [2.45, 2.75) is 11.7 Å². The summed E-state index contributed by atoms with van der Waals surface area (Å²) in [5.74, 6) is -1.08. The zero-order chi connectivity index (χ0) is 14.1. The summed E-state index contributed by atoms with van der Waals surface area (Å²) in [6.45, 7) is 5.52. The summed E-state index contributed by atoms with van der Waals surface area (Å²) in [6, 6.07) is 9.39. The third-order valence-electron chi connectivity index (χ3n) is 2.06. The van der Waals surface area contributed by atoms with Gasteiger partial charge >= 0.3 is 118 Å². The minimum absolute atomic E-state index is 0.0968. The number of rotatable bonds is 7. The van der Waals surface area contributed by atoms with Crippen LogP contribution in [-0.4, -0.2) is 40.1 Å². The molecule has 5 heteroatoms.